The fourth-order valence-electron chi connectivity index (χ4n) is 6.04. The normalized spacial score (nSPS) is 16.8. The standard InChI is InChI=1S/C19H13F3N2O3S2.C18H13FN2O3S2/c20-19(21,22)10-4-3-7-13-17(10)23-15(29-13)9-24-11-5-1-2-6-12(11)28-14(18(24)27)8-16(25)26;19-10-4-3-5-11-17(10)26-15(20-11)9-21-12-6-1-2-7-13(12)25-14(18(21)24)8-16(22)23/h1-7,14H,8-9H2,(H,25,26);1-7,14H,8-9H2,(H,22,23). The number of para-hydroxylation sites is 3. The molecule has 2 aliphatic rings. The van der Waals surface area contributed by atoms with E-state index in [2.05, 4.69) is 9.97 Å². The van der Waals surface area contributed by atoms with Crippen LogP contribution in [0.1, 0.15) is 28.4 Å². The van der Waals surface area contributed by atoms with Gasteiger partial charge < -0.3 is 20.0 Å². The molecular formula is C37H26F4N4O6S4. The van der Waals surface area contributed by atoms with Crippen LogP contribution in [0.4, 0.5) is 28.9 Å². The summed E-state index contributed by atoms with van der Waals surface area (Å²) in [6.07, 6.45) is -5.11. The minimum Gasteiger partial charge on any atom is -0.481 e. The summed E-state index contributed by atoms with van der Waals surface area (Å²) in [5.41, 5.74) is 0.916. The van der Waals surface area contributed by atoms with Crippen molar-refractivity contribution in [3.63, 3.8) is 0 Å². The van der Waals surface area contributed by atoms with Crippen molar-refractivity contribution < 1.29 is 47.0 Å². The molecule has 55 heavy (non-hydrogen) atoms. The third kappa shape index (κ3) is 8.17. The van der Waals surface area contributed by atoms with Gasteiger partial charge in [-0.3, -0.25) is 19.2 Å². The van der Waals surface area contributed by atoms with E-state index in [1.807, 2.05) is 24.3 Å². The van der Waals surface area contributed by atoms with E-state index >= 15 is 0 Å². The van der Waals surface area contributed by atoms with Gasteiger partial charge in [0.1, 0.15) is 15.8 Å². The largest absolute Gasteiger partial charge is 0.481 e. The Bertz CT molecular complexity index is 2470. The number of anilines is 2. The molecule has 10 nitrogen and oxygen atoms in total. The number of aliphatic carboxylic acids is 2. The molecule has 8 rings (SSSR count). The molecule has 0 fully saturated rings. The Morgan fingerprint density at radius 3 is 1.75 bits per heavy atom. The van der Waals surface area contributed by atoms with Gasteiger partial charge in [-0.25, -0.2) is 14.4 Å². The number of benzene rings is 4. The number of thiazole rings is 2. The molecular weight excluding hydrogens is 801 g/mol. The highest BCUT2D eigenvalue weighted by atomic mass is 32.2. The monoisotopic (exact) mass is 826 g/mol. The summed E-state index contributed by atoms with van der Waals surface area (Å²) >= 11 is 4.74. The third-order valence-corrected chi connectivity index (χ3v) is 13.0. The van der Waals surface area contributed by atoms with Crippen LogP contribution < -0.4 is 9.80 Å². The number of carboxylic acid groups (broad SMARTS) is 2. The lowest BCUT2D eigenvalue weighted by atomic mass is 10.2. The lowest BCUT2D eigenvalue weighted by molar-refractivity contribution is -0.138. The van der Waals surface area contributed by atoms with Gasteiger partial charge in [0.15, 0.2) is 0 Å². The van der Waals surface area contributed by atoms with Crippen LogP contribution in [0.25, 0.3) is 20.4 Å². The van der Waals surface area contributed by atoms with Crippen molar-refractivity contribution in [1.82, 2.24) is 9.97 Å². The summed E-state index contributed by atoms with van der Waals surface area (Å²) in [7, 11) is 0. The minimum absolute atomic E-state index is 0.0246. The van der Waals surface area contributed by atoms with Crippen molar-refractivity contribution in [3.05, 3.63) is 106 Å². The van der Waals surface area contributed by atoms with E-state index < -0.39 is 40.1 Å². The average Bonchev–Trinajstić information content (AvgIpc) is 3.75. The molecule has 18 heteroatoms. The molecule has 4 aromatic carbocycles. The summed E-state index contributed by atoms with van der Waals surface area (Å²) in [5.74, 6) is -3.11. The second-order valence-corrected chi connectivity index (χ2v) is 16.8. The maximum absolute atomic E-state index is 13.9. The number of halogens is 4. The van der Waals surface area contributed by atoms with Gasteiger partial charge in [-0.15, -0.1) is 46.2 Å². The van der Waals surface area contributed by atoms with Crippen molar-refractivity contribution in [2.24, 2.45) is 0 Å². The SMILES string of the molecule is O=C(O)CC1Sc2ccccc2N(Cc2nc3c(C(F)(F)F)cccc3s2)C1=O.O=C(O)CC1Sc2ccccc2N(Cc2nc3cccc(F)c3s2)C1=O. The van der Waals surface area contributed by atoms with E-state index in [0.717, 1.165) is 32.9 Å². The van der Waals surface area contributed by atoms with Crippen molar-refractivity contribution in [1.29, 1.82) is 0 Å². The lowest BCUT2D eigenvalue weighted by Gasteiger charge is -2.32. The predicted octanol–water partition coefficient (Wildman–Crippen LogP) is 8.71. The first-order valence-electron chi connectivity index (χ1n) is 16.3. The highest BCUT2D eigenvalue weighted by Gasteiger charge is 2.38. The number of thioether (sulfide) groups is 2. The van der Waals surface area contributed by atoms with Crippen LogP contribution in [-0.2, 0) is 38.4 Å². The zero-order chi connectivity index (χ0) is 39.0. The number of hydrogen-bond donors (Lipinski definition) is 2. The predicted molar refractivity (Wildman–Crippen MR) is 203 cm³/mol. The first-order valence-corrected chi connectivity index (χ1v) is 19.7. The first-order chi connectivity index (χ1) is 26.3. The van der Waals surface area contributed by atoms with Gasteiger partial charge in [0.25, 0.3) is 0 Å². The summed E-state index contributed by atoms with van der Waals surface area (Å²) in [5, 5.41) is 17.7. The number of rotatable bonds is 8. The van der Waals surface area contributed by atoms with Crippen LogP contribution in [0.3, 0.4) is 0 Å². The quantitative estimate of drug-likeness (QED) is 0.143. The van der Waals surface area contributed by atoms with E-state index in [1.165, 1.54) is 51.9 Å². The number of amides is 2. The van der Waals surface area contributed by atoms with Crippen LogP contribution in [0.15, 0.2) is 94.7 Å². The Kier molecular flexibility index (Phi) is 10.8. The molecule has 2 aromatic heterocycles. The molecule has 0 radical (unpaired) electrons. The Balaban J connectivity index is 0.000000170. The number of fused-ring (bicyclic) bond motifs is 4. The highest BCUT2D eigenvalue weighted by Crippen LogP contribution is 2.43. The molecule has 2 N–H and O–H groups in total. The highest BCUT2D eigenvalue weighted by molar-refractivity contribution is 8.01. The van der Waals surface area contributed by atoms with Gasteiger partial charge in [-0.2, -0.15) is 13.2 Å². The van der Waals surface area contributed by atoms with Crippen molar-refractivity contribution >= 4 is 102 Å². The van der Waals surface area contributed by atoms with Crippen LogP contribution >= 0.6 is 46.2 Å². The van der Waals surface area contributed by atoms with Crippen LogP contribution in [0.2, 0.25) is 0 Å². The molecule has 2 atom stereocenters. The zero-order valence-electron chi connectivity index (χ0n) is 28.0. The van der Waals surface area contributed by atoms with E-state index in [4.69, 9.17) is 10.2 Å². The number of carbonyl (C=O) groups excluding carboxylic acids is 2. The van der Waals surface area contributed by atoms with E-state index in [-0.39, 0.29) is 43.2 Å². The Morgan fingerprint density at radius 2 is 1.22 bits per heavy atom. The van der Waals surface area contributed by atoms with E-state index in [9.17, 15) is 36.7 Å². The smallest absolute Gasteiger partial charge is 0.418 e. The third-order valence-electron chi connectivity index (χ3n) is 8.42. The fourth-order valence-corrected chi connectivity index (χ4v) is 10.4. The van der Waals surface area contributed by atoms with Crippen LogP contribution in [0.5, 0.6) is 0 Å². The zero-order valence-corrected chi connectivity index (χ0v) is 31.3. The number of aromatic nitrogens is 2. The summed E-state index contributed by atoms with van der Waals surface area (Å²) in [4.78, 5) is 61.1. The van der Waals surface area contributed by atoms with Crippen LogP contribution in [0, 0.1) is 5.82 Å². The molecule has 2 amide bonds. The Hall–Kier alpha value is -5.04. The van der Waals surface area contributed by atoms with Crippen molar-refractivity contribution in [2.75, 3.05) is 9.80 Å². The molecule has 0 aliphatic carbocycles. The summed E-state index contributed by atoms with van der Waals surface area (Å²) < 4.78 is 54.5. The van der Waals surface area contributed by atoms with Gasteiger partial charge in [0, 0.05) is 9.79 Å². The molecule has 0 saturated heterocycles. The average molecular weight is 827 g/mol. The van der Waals surface area contributed by atoms with Gasteiger partial charge >= 0.3 is 18.1 Å². The number of nitrogens with zero attached hydrogens (tertiary/aromatic N) is 4. The van der Waals surface area contributed by atoms with Gasteiger partial charge in [0.2, 0.25) is 11.8 Å². The topological polar surface area (TPSA) is 141 Å². The maximum Gasteiger partial charge on any atom is 0.418 e. The Labute approximate surface area is 325 Å². The number of carbonyl (C=O) groups is 4. The summed E-state index contributed by atoms with van der Waals surface area (Å²) in [6.45, 7) is 0.161. The van der Waals surface area contributed by atoms with Crippen molar-refractivity contribution in [3.8, 4) is 0 Å². The van der Waals surface area contributed by atoms with E-state index in [0.29, 0.717) is 30.6 Å². The molecule has 0 saturated carbocycles. The second-order valence-electron chi connectivity index (χ2n) is 12.1. The number of hydrogen-bond acceptors (Lipinski definition) is 10. The van der Waals surface area contributed by atoms with Gasteiger partial charge in [-0.1, -0.05) is 36.4 Å². The molecule has 6 aromatic rings. The lowest BCUT2D eigenvalue weighted by Crippen LogP contribution is -2.41. The Morgan fingerprint density at radius 1 is 0.691 bits per heavy atom. The summed E-state index contributed by atoms with van der Waals surface area (Å²) in [6, 6.07) is 23.0. The number of alkyl halides is 3. The fraction of sp³-hybridized carbons (Fsp3) is 0.189. The molecule has 0 bridgehead atoms. The molecule has 282 valence electrons. The van der Waals surface area contributed by atoms with Gasteiger partial charge in [0.05, 0.1) is 73.8 Å². The van der Waals surface area contributed by atoms with Crippen molar-refractivity contribution in [2.45, 2.75) is 52.4 Å². The van der Waals surface area contributed by atoms with Gasteiger partial charge in [-0.05, 0) is 48.5 Å². The molecule has 2 unspecified atom stereocenters. The van der Waals surface area contributed by atoms with Crippen LogP contribution in [-0.4, -0.2) is 54.4 Å². The maximum atomic E-state index is 13.9. The first kappa shape index (κ1) is 38.2. The molecule has 2 aliphatic heterocycles. The number of carboxylic acids is 2. The second kappa shape index (κ2) is 15.6. The molecule has 0 spiro atoms. The minimum atomic E-state index is -4.53. The van der Waals surface area contributed by atoms with E-state index in [1.54, 1.807) is 47.4 Å². The molecule has 4 heterocycles.